The summed E-state index contributed by atoms with van der Waals surface area (Å²) in [4.78, 5) is 16.1. The van der Waals surface area contributed by atoms with Crippen LogP contribution in [0.3, 0.4) is 0 Å². The zero-order valence-electron chi connectivity index (χ0n) is 17.2. The van der Waals surface area contributed by atoms with Crippen LogP contribution in [-0.4, -0.2) is 32.0 Å². The van der Waals surface area contributed by atoms with Crippen molar-refractivity contribution < 1.29 is 35.7 Å². The van der Waals surface area contributed by atoms with E-state index in [2.05, 4.69) is 20.6 Å². The Balaban J connectivity index is 2.19. The highest BCUT2D eigenvalue weighted by atomic mass is 19.4. The van der Waals surface area contributed by atoms with Crippen molar-refractivity contribution in [3.63, 3.8) is 0 Å². The quantitative estimate of drug-likeness (QED) is 0.479. The molecule has 0 aliphatic rings. The van der Waals surface area contributed by atoms with E-state index in [1.54, 1.807) is 13.8 Å². The molecule has 0 aliphatic heterocycles. The molecule has 174 valence electrons. The van der Waals surface area contributed by atoms with Crippen molar-refractivity contribution >= 4 is 11.5 Å². The Kier molecular flexibility index (Phi) is 7.65. The van der Waals surface area contributed by atoms with Gasteiger partial charge in [-0.05, 0) is 19.4 Å². The predicted molar refractivity (Wildman–Crippen MR) is 101 cm³/mol. The molecule has 1 N–H and O–H groups in total. The number of carbonyl (C=O) groups is 1. The van der Waals surface area contributed by atoms with E-state index in [1.807, 2.05) is 0 Å². The third kappa shape index (κ3) is 6.31. The summed E-state index contributed by atoms with van der Waals surface area (Å²) in [5.41, 5.74) is -2.45. The number of rotatable bonds is 7. The Morgan fingerprint density at radius 2 is 1.94 bits per heavy atom. The third-order valence-corrected chi connectivity index (χ3v) is 3.94. The molecule has 0 fully saturated rings. The molecule has 0 saturated heterocycles. The molecule has 0 bridgehead atoms. The van der Waals surface area contributed by atoms with Gasteiger partial charge in [0.1, 0.15) is 5.69 Å². The first-order valence-electron chi connectivity index (χ1n) is 9.21. The van der Waals surface area contributed by atoms with Gasteiger partial charge in [-0.15, -0.1) is 0 Å². The fraction of sp³-hybridized carbons (Fsp3) is 0.368. The zero-order valence-corrected chi connectivity index (χ0v) is 17.2. The van der Waals surface area contributed by atoms with Crippen LogP contribution in [0.15, 0.2) is 40.5 Å². The first-order valence-corrected chi connectivity index (χ1v) is 9.21. The van der Waals surface area contributed by atoms with Crippen molar-refractivity contribution in [3.8, 4) is 0 Å². The monoisotopic (exact) mass is 463 g/mol. The second kappa shape index (κ2) is 9.83. The van der Waals surface area contributed by atoms with Gasteiger partial charge in [0.05, 0.1) is 12.1 Å². The summed E-state index contributed by atoms with van der Waals surface area (Å²) >= 11 is 0. The second-order valence-electron chi connectivity index (χ2n) is 6.40. The molecule has 2 rings (SSSR count). The largest absolute Gasteiger partial charge is 0.435 e. The Morgan fingerprint density at radius 3 is 2.47 bits per heavy atom. The van der Waals surface area contributed by atoms with Gasteiger partial charge < -0.3 is 9.84 Å². The van der Waals surface area contributed by atoms with E-state index in [0.29, 0.717) is 6.07 Å². The van der Waals surface area contributed by atoms with Crippen molar-refractivity contribution in [2.24, 2.45) is 7.05 Å². The van der Waals surface area contributed by atoms with Gasteiger partial charge in [-0.25, -0.2) is 0 Å². The zero-order chi connectivity index (χ0) is 24.1. The number of nitrogens with zero attached hydrogens (tertiary/aromatic N) is 4. The second-order valence-corrected chi connectivity index (χ2v) is 6.40. The minimum atomic E-state index is -4.71. The molecule has 0 aliphatic carbocycles. The lowest BCUT2D eigenvalue weighted by Crippen LogP contribution is -2.25. The van der Waals surface area contributed by atoms with E-state index in [1.165, 1.54) is 19.2 Å². The van der Waals surface area contributed by atoms with Crippen LogP contribution in [0.2, 0.25) is 0 Å². The summed E-state index contributed by atoms with van der Waals surface area (Å²) in [5.74, 6) is -1.20. The van der Waals surface area contributed by atoms with Gasteiger partial charge in [0.2, 0.25) is 11.7 Å². The standard InChI is InChI=1S/C19H19F6N5O2/c1-4-6-11(8-12(7-5-2)18(20,21)22)16-27-15(32-29-16)10-26-17(31)13-9-14(19(23,24)25)28-30(13)3/h4,6-9H,5,10H2,1-3H3,(H,26,31)/b6-4-,11-8+,12-7-. The number of nitrogens with one attached hydrogen (secondary N) is 1. The lowest BCUT2D eigenvalue weighted by Gasteiger charge is -2.08. The molecule has 0 atom stereocenters. The molecule has 0 spiro atoms. The molecule has 0 unspecified atom stereocenters. The maximum atomic E-state index is 13.2. The fourth-order valence-electron chi connectivity index (χ4n) is 2.52. The van der Waals surface area contributed by atoms with E-state index >= 15 is 0 Å². The first kappa shape index (κ1) is 24.9. The number of alkyl halides is 6. The fourth-order valence-corrected chi connectivity index (χ4v) is 2.52. The summed E-state index contributed by atoms with van der Waals surface area (Å²) in [7, 11) is 1.17. The van der Waals surface area contributed by atoms with E-state index in [4.69, 9.17) is 4.52 Å². The van der Waals surface area contributed by atoms with Crippen LogP contribution in [0, 0.1) is 0 Å². The summed E-state index contributed by atoms with van der Waals surface area (Å²) in [6.07, 6.45) is -4.42. The molecule has 0 saturated carbocycles. The van der Waals surface area contributed by atoms with E-state index in [9.17, 15) is 31.1 Å². The Hall–Kier alpha value is -3.38. The first-order chi connectivity index (χ1) is 14.9. The number of hydrogen-bond donors (Lipinski definition) is 1. The SMILES string of the molecule is C\C=C/C(=C\C(=C\CC)C(F)(F)F)c1noc(CNC(=O)c2cc(C(F)(F)F)nn2C)n1. The lowest BCUT2D eigenvalue weighted by atomic mass is 10.1. The summed E-state index contributed by atoms with van der Waals surface area (Å²) in [5, 5.41) is 9.15. The van der Waals surface area contributed by atoms with Crippen LogP contribution in [0.1, 0.15) is 48.2 Å². The number of hydrogen-bond acceptors (Lipinski definition) is 5. The molecular weight excluding hydrogens is 444 g/mol. The molecule has 0 aromatic carbocycles. The predicted octanol–water partition coefficient (Wildman–Crippen LogP) is 4.61. The Bertz CT molecular complexity index is 1040. The van der Waals surface area contributed by atoms with Gasteiger partial charge in [-0.1, -0.05) is 30.3 Å². The van der Waals surface area contributed by atoms with Gasteiger partial charge in [0.25, 0.3) is 5.91 Å². The molecule has 13 heteroatoms. The molecule has 0 radical (unpaired) electrons. The molecule has 1 amide bonds. The minimum Gasteiger partial charge on any atom is -0.342 e. The average Bonchev–Trinajstić information content (AvgIpc) is 3.31. The van der Waals surface area contributed by atoms with E-state index in [-0.39, 0.29) is 35.9 Å². The highest BCUT2D eigenvalue weighted by molar-refractivity contribution is 5.92. The lowest BCUT2D eigenvalue weighted by molar-refractivity contribution is -0.141. The van der Waals surface area contributed by atoms with Gasteiger partial charge >= 0.3 is 12.4 Å². The van der Waals surface area contributed by atoms with Crippen molar-refractivity contribution in [1.29, 1.82) is 0 Å². The number of allylic oxidation sites excluding steroid dienone is 6. The molecule has 2 aromatic rings. The maximum absolute atomic E-state index is 13.2. The average molecular weight is 463 g/mol. The normalized spacial score (nSPS) is 13.8. The van der Waals surface area contributed by atoms with Crippen LogP contribution in [-0.2, 0) is 19.8 Å². The summed E-state index contributed by atoms with van der Waals surface area (Å²) in [6, 6.07) is 0.584. The highest BCUT2D eigenvalue weighted by Crippen LogP contribution is 2.30. The summed E-state index contributed by atoms with van der Waals surface area (Å²) in [6.45, 7) is 2.79. The van der Waals surface area contributed by atoms with Crippen molar-refractivity contribution in [2.45, 2.75) is 39.2 Å². The van der Waals surface area contributed by atoms with Crippen LogP contribution >= 0.6 is 0 Å². The minimum absolute atomic E-state index is 0.0207. The topological polar surface area (TPSA) is 85.8 Å². The van der Waals surface area contributed by atoms with Crippen molar-refractivity contribution in [3.05, 3.63) is 59.0 Å². The number of halogens is 6. The van der Waals surface area contributed by atoms with Crippen LogP contribution in [0.25, 0.3) is 5.57 Å². The van der Waals surface area contributed by atoms with E-state index in [0.717, 1.165) is 16.8 Å². The molecule has 2 heterocycles. The van der Waals surface area contributed by atoms with Crippen LogP contribution in [0.4, 0.5) is 26.3 Å². The number of aromatic nitrogens is 4. The summed E-state index contributed by atoms with van der Waals surface area (Å²) < 4.78 is 83.4. The van der Waals surface area contributed by atoms with Gasteiger partial charge in [-0.3, -0.25) is 9.48 Å². The number of amides is 1. The van der Waals surface area contributed by atoms with E-state index < -0.39 is 29.5 Å². The van der Waals surface area contributed by atoms with Crippen LogP contribution < -0.4 is 5.32 Å². The van der Waals surface area contributed by atoms with Gasteiger partial charge in [0, 0.05) is 18.7 Å². The van der Waals surface area contributed by atoms with Gasteiger partial charge in [-0.2, -0.15) is 36.4 Å². The molecule has 32 heavy (non-hydrogen) atoms. The Labute approximate surface area is 178 Å². The highest BCUT2D eigenvalue weighted by Gasteiger charge is 2.35. The Morgan fingerprint density at radius 1 is 1.25 bits per heavy atom. The molecular formula is C19H19F6N5O2. The molecule has 2 aromatic heterocycles. The maximum Gasteiger partial charge on any atom is 0.435 e. The number of carbonyl (C=O) groups excluding carboxylic acids is 1. The van der Waals surface area contributed by atoms with Gasteiger partial charge in [0.15, 0.2) is 5.69 Å². The molecule has 7 nitrogen and oxygen atoms in total. The third-order valence-electron chi connectivity index (χ3n) is 3.94. The van der Waals surface area contributed by atoms with Crippen LogP contribution in [0.5, 0.6) is 0 Å². The smallest absolute Gasteiger partial charge is 0.342 e. The van der Waals surface area contributed by atoms with Crippen molar-refractivity contribution in [2.75, 3.05) is 0 Å². The van der Waals surface area contributed by atoms with Crippen molar-refractivity contribution in [1.82, 2.24) is 25.2 Å². The number of aryl methyl sites for hydroxylation is 1.